The first-order valence-corrected chi connectivity index (χ1v) is 7.83. The highest BCUT2D eigenvalue weighted by molar-refractivity contribution is 7.79. The van der Waals surface area contributed by atoms with Gasteiger partial charge in [-0.3, -0.25) is 4.90 Å². The molecule has 18 heavy (non-hydrogen) atoms. The summed E-state index contributed by atoms with van der Waals surface area (Å²) in [6, 6.07) is 0. The van der Waals surface area contributed by atoms with E-state index in [1.807, 2.05) is 13.8 Å². The predicted octanol–water partition coefficient (Wildman–Crippen LogP) is 0.771. The van der Waals surface area contributed by atoms with Crippen molar-refractivity contribution in [2.45, 2.75) is 50.4 Å². The first kappa shape index (κ1) is 16.0. The van der Waals surface area contributed by atoms with Crippen molar-refractivity contribution in [3.63, 3.8) is 0 Å². The van der Waals surface area contributed by atoms with E-state index < -0.39 is 11.1 Å². The summed E-state index contributed by atoms with van der Waals surface area (Å²) in [4.78, 5) is 2.12. The van der Waals surface area contributed by atoms with Gasteiger partial charge in [-0.15, -0.1) is 0 Å². The standard InChI is InChI=1S/C12H26N2O3S/c1-12(2,10-15)13-7-6-11(18(16)17)14-8-4-3-5-9-14/h11,13,15H,3-10H2,1-2H3,(H,16,17). The Balaban J connectivity index is 2.40. The lowest BCUT2D eigenvalue weighted by Crippen LogP contribution is -2.47. The molecule has 0 radical (unpaired) electrons. The van der Waals surface area contributed by atoms with Gasteiger partial charge in [0, 0.05) is 5.54 Å². The average Bonchev–Trinajstić information content (AvgIpc) is 2.35. The van der Waals surface area contributed by atoms with Gasteiger partial charge in [0.05, 0.1) is 6.61 Å². The van der Waals surface area contributed by atoms with Crippen LogP contribution in [0.1, 0.15) is 39.5 Å². The molecule has 5 nitrogen and oxygen atoms in total. The minimum absolute atomic E-state index is 0.0591. The normalized spacial score (nSPS) is 21.8. The van der Waals surface area contributed by atoms with Crippen LogP contribution in [0.3, 0.4) is 0 Å². The van der Waals surface area contributed by atoms with Crippen LogP contribution >= 0.6 is 0 Å². The number of rotatable bonds is 7. The number of hydrogen-bond acceptors (Lipinski definition) is 4. The van der Waals surface area contributed by atoms with Crippen LogP contribution in [-0.4, -0.2) is 55.9 Å². The van der Waals surface area contributed by atoms with Gasteiger partial charge in [-0.2, -0.15) is 0 Å². The zero-order valence-electron chi connectivity index (χ0n) is 11.4. The van der Waals surface area contributed by atoms with Gasteiger partial charge in [0.15, 0.2) is 11.1 Å². The molecule has 2 atom stereocenters. The molecule has 1 aliphatic heterocycles. The summed E-state index contributed by atoms with van der Waals surface area (Å²) in [6.07, 6.45) is 4.08. The summed E-state index contributed by atoms with van der Waals surface area (Å²) < 4.78 is 20.8. The van der Waals surface area contributed by atoms with Gasteiger partial charge in [-0.05, 0) is 52.7 Å². The third-order valence-electron chi connectivity index (χ3n) is 3.42. The largest absolute Gasteiger partial charge is 0.394 e. The van der Waals surface area contributed by atoms with E-state index in [1.165, 1.54) is 6.42 Å². The molecule has 1 rings (SSSR count). The highest BCUT2D eigenvalue weighted by Gasteiger charge is 2.25. The highest BCUT2D eigenvalue weighted by atomic mass is 32.2. The first-order chi connectivity index (χ1) is 8.46. The number of hydrogen-bond donors (Lipinski definition) is 3. The Labute approximate surface area is 112 Å². The summed E-state index contributed by atoms with van der Waals surface area (Å²) in [5, 5.41) is 12.1. The van der Waals surface area contributed by atoms with Gasteiger partial charge in [0.2, 0.25) is 0 Å². The van der Waals surface area contributed by atoms with Crippen molar-refractivity contribution in [3.8, 4) is 0 Å². The number of nitrogens with one attached hydrogen (secondary N) is 1. The van der Waals surface area contributed by atoms with Crippen LogP contribution < -0.4 is 5.32 Å². The Bertz CT molecular complexity index is 268. The van der Waals surface area contributed by atoms with Crippen LogP contribution in [0, 0.1) is 0 Å². The Morgan fingerprint density at radius 2 is 1.94 bits per heavy atom. The summed E-state index contributed by atoms with van der Waals surface area (Å²) in [5.41, 5.74) is -0.330. The van der Waals surface area contributed by atoms with Gasteiger partial charge in [0.1, 0.15) is 5.37 Å². The molecule has 0 spiro atoms. The molecule has 0 aliphatic carbocycles. The summed E-state index contributed by atoms with van der Waals surface area (Å²) in [5.74, 6) is 0. The van der Waals surface area contributed by atoms with E-state index in [0.717, 1.165) is 25.9 Å². The molecular weight excluding hydrogens is 252 g/mol. The van der Waals surface area contributed by atoms with E-state index in [9.17, 15) is 8.76 Å². The molecule has 0 amide bonds. The lowest BCUT2D eigenvalue weighted by molar-refractivity contribution is 0.173. The number of nitrogens with zero attached hydrogens (tertiary/aromatic N) is 1. The number of piperidine rings is 1. The monoisotopic (exact) mass is 278 g/mol. The van der Waals surface area contributed by atoms with Crippen molar-refractivity contribution < 1.29 is 13.9 Å². The molecule has 0 aromatic carbocycles. The molecule has 0 aromatic rings. The smallest absolute Gasteiger partial charge is 0.170 e. The van der Waals surface area contributed by atoms with Crippen molar-refractivity contribution in [2.75, 3.05) is 26.2 Å². The van der Waals surface area contributed by atoms with E-state index in [-0.39, 0.29) is 17.5 Å². The predicted molar refractivity (Wildman–Crippen MR) is 73.8 cm³/mol. The molecule has 1 aliphatic rings. The fraction of sp³-hybridized carbons (Fsp3) is 1.00. The van der Waals surface area contributed by atoms with Crippen LogP contribution in [0.15, 0.2) is 0 Å². The molecule has 0 aromatic heterocycles. The van der Waals surface area contributed by atoms with Crippen molar-refractivity contribution >= 4 is 11.1 Å². The fourth-order valence-corrected chi connectivity index (χ4v) is 2.99. The van der Waals surface area contributed by atoms with Crippen molar-refractivity contribution in [1.82, 2.24) is 10.2 Å². The third-order valence-corrected chi connectivity index (χ3v) is 4.42. The van der Waals surface area contributed by atoms with Crippen molar-refractivity contribution in [2.24, 2.45) is 0 Å². The first-order valence-electron chi connectivity index (χ1n) is 6.66. The topological polar surface area (TPSA) is 72.8 Å². The molecule has 0 saturated carbocycles. The van der Waals surface area contributed by atoms with Crippen LogP contribution in [0.5, 0.6) is 0 Å². The maximum atomic E-state index is 11.4. The lowest BCUT2D eigenvalue weighted by atomic mass is 10.1. The van der Waals surface area contributed by atoms with Crippen LogP contribution in [0.2, 0.25) is 0 Å². The van der Waals surface area contributed by atoms with Crippen LogP contribution in [-0.2, 0) is 11.1 Å². The lowest BCUT2D eigenvalue weighted by Gasteiger charge is -2.33. The highest BCUT2D eigenvalue weighted by Crippen LogP contribution is 2.16. The van der Waals surface area contributed by atoms with Gasteiger partial charge in [-0.25, -0.2) is 4.21 Å². The Morgan fingerprint density at radius 3 is 2.44 bits per heavy atom. The van der Waals surface area contributed by atoms with E-state index in [0.29, 0.717) is 13.0 Å². The average molecular weight is 278 g/mol. The van der Waals surface area contributed by atoms with E-state index in [1.54, 1.807) is 0 Å². The van der Waals surface area contributed by atoms with Gasteiger partial charge >= 0.3 is 0 Å². The number of likely N-dealkylation sites (tertiary alicyclic amines) is 1. The molecule has 1 fully saturated rings. The van der Waals surface area contributed by atoms with Crippen molar-refractivity contribution in [3.05, 3.63) is 0 Å². The van der Waals surface area contributed by atoms with E-state index in [4.69, 9.17) is 5.11 Å². The second-order valence-electron chi connectivity index (χ2n) is 5.58. The second-order valence-corrected chi connectivity index (χ2v) is 6.68. The van der Waals surface area contributed by atoms with Crippen LogP contribution in [0.4, 0.5) is 0 Å². The maximum absolute atomic E-state index is 11.4. The molecule has 3 N–H and O–H groups in total. The third kappa shape index (κ3) is 5.32. The molecule has 1 heterocycles. The molecule has 0 bridgehead atoms. The number of aliphatic hydroxyl groups is 1. The molecule has 108 valence electrons. The summed E-state index contributed by atoms with van der Waals surface area (Å²) in [6.45, 7) is 6.36. The maximum Gasteiger partial charge on any atom is 0.170 e. The number of aliphatic hydroxyl groups excluding tert-OH is 1. The fourth-order valence-electron chi connectivity index (χ4n) is 2.21. The Kier molecular flexibility index (Phi) is 6.73. The SMILES string of the molecule is CC(C)(CO)NCCC(N1CCCCC1)S(=O)O. The Hall–Kier alpha value is -0.0100. The molecule has 6 heteroatoms. The van der Waals surface area contributed by atoms with Gasteiger partial charge in [0.25, 0.3) is 0 Å². The molecule has 1 saturated heterocycles. The quantitative estimate of drug-likeness (QED) is 0.600. The minimum Gasteiger partial charge on any atom is -0.394 e. The van der Waals surface area contributed by atoms with Gasteiger partial charge < -0.3 is 15.0 Å². The minimum atomic E-state index is -1.81. The van der Waals surface area contributed by atoms with E-state index in [2.05, 4.69) is 10.2 Å². The van der Waals surface area contributed by atoms with Crippen molar-refractivity contribution in [1.29, 1.82) is 0 Å². The van der Waals surface area contributed by atoms with Gasteiger partial charge in [-0.1, -0.05) is 6.42 Å². The molecule has 2 unspecified atom stereocenters. The van der Waals surface area contributed by atoms with E-state index >= 15 is 0 Å². The summed E-state index contributed by atoms with van der Waals surface area (Å²) >= 11 is -1.81. The summed E-state index contributed by atoms with van der Waals surface area (Å²) in [7, 11) is 0. The van der Waals surface area contributed by atoms with Crippen LogP contribution in [0.25, 0.3) is 0 Å². The molecular formula is C12H26N2O3S. The zero-order chi connectivity index (χ0) is 13.6. The zero-order valence-corrected chi connectivity index (χ0v) is 12.2. The second kappa shape index (κ2) is 7.55. The Morgan fingerprint density at radius 1 is 1.33 bits per heavy atom.